The lowest BCUT2D eigenvalue weighted by Gasteiger charge is -2.32. The van der Waals surface area contributed by atoms with Gasteiger partial charge in [-0.15, -0.1) is 0 Å². The van der Waals surface area contributed by atoms with Gasteiger partial charge in [-0.25, -0.2) is 4.39 Å². The number of hydrogen-bond acceptors (Lipinski definition) is 3. The van der Waals surface area contributed by atoms with E-state index in [1.807, 2.05) is 35.9 Å². The van der Waals surface area contributed by atoms with E-state index in [1.165, 1.54) is 6.07 Å². The minimum atomic E-state index is -5.03. The summed E-state index contributed by atoms with van der Waals surface area (Å²) in [5, 5.41) is 2.59. The maximum absolute atomic E-state index is 15.1. The molecule has 10 heteroatoms. The first-order chi connectivity index (χ1) is 17.6. The zero-order chi connectivity index (χ0) is 26.7. The molecule has 1 N–H and O–H groups in total. The van der Waals surface area contributed by atoms with Gasteiger partial charge in [-0.05, 0) is 36.8 Å². The Morgan fingerprint density at radius 1 is 1.11 bits per heavy atom. The quantitative estimate of drug-likeness (QED) is 0.450. The van der Waals surface area contributed by atoms with Crippen molar-refractivity contribution in [3.63, 3.8) is 0 Å². The number of rotatable bonds is 7. The third-order valence-corrected chi connectivity index (χ3v) is 6.89. The Morgan fingerprint density at radius 2 is 1.81 bits per heavy atom. The number of piperidine rings is 1. The first kappa shape index (κ1) is 26.7. The molecule has 4 rings (SSSR count). The summed E-state index contributed by atoms with van der Waals surface area (Å²) in [5.41, 5.74) is 3.05. The number of nitrogens with one attached hydrogen (secondary N) is 1. The van der Waals surface area contributed by atoms with Crippen molar-refractivity contribution in [1.82, 2.24) is 14.8 Å². The Morgan fingerprint density at radius 3 is 2.49 bits per heavy atom. The molecule has 1 aromatic heterocycles. The van der Waals surface area contributed by atoms with Crippen molar-refractivity contribution >= 4 is 22.7 Å². The summed E-state index contributed by atoms with van der Waals surface area (Å²) in [5.74, 6) is -3.00. The lowest BCUT2D eigenvalue weighted by Crippen LogP contribution is -2.38. The Balaban J connectivity index is 1.46. The fraction of sp³-hybridized carbons (Fsp3) is 0.407. The van der Waals surface area contributed by atoms with Gasteiger partial charge in [0.15, 0.2) is 0 Å². The number of ether oxygens (including phenoxy) is 1. The Bertz CT molecular complexity index is 1290. The number of carbonyl (C=O) groups excluding carboxylic acids is 2. The molecule has 0 aliphatic carbocycles. The number of amides is 2. The van der Waals surface area contributed by atoms with Crippen LogP contribution < -0.4 is 5.32 Å². The number of aryl methyl sites for hydroxylation is 1. The third-order valence-electron chi connectivity index (χ3n) is 6.89. The van der Waals surface area contributed by atoms with E-state index in [4.69, 9.17) is 4.74 Å². The molecular weight excluding hydrogens is 490 g/mol. The minimum absolute atomic E-state index is 0.00663. The molecule has 6 nitrogen and oxygen atoms in total. The molecule has 0 radical (unpaired) electrons. The highest BCUT2D eigenvalue weighted by Crippen LogP contribution is 2.33. The zero-order valence-electron chi connectivity index (χ0n) is 20.7. The molecule has 1 aliphatic heterocycles. The molecule has 1 saturated heterocycles. The van der Waals surface area contributed by atoms with Crippen LogP contribution in [0.25, 0.3) is 10.9 Å². The number of methoxy groups -OCH3 is 1. The number of para-hydroxylation sites is 1. The molecule has 2 heterocycles. The van der Waals surface area contributed by atoms with E-state index in [0.717, 1.165) is 16.5 Å². The zero-order valence-corrected chi connectivity index (χ0v) is 20.7. The molecule has 198 valence electrons. The highest BCUT2D eigenvalue weighted by atomic mass is 19.4. The lowest BCUT2D eigenvalue weighted by atomic mass is 9.87. The summed E-state index contributed by atoms with van der Waals surface area (Å²) < 4.78 is 59.8. The smallest absolute Gasteiger partial charge is 0.383 e. The van der Waals surface area contributed by atoms with Crippen LogP contribution in [-0.4, -0.2) is 54.3 Å². The fourth-order valence-electron chi connectivity index (χ4n) is 4.98. The van der Waals surface area contributed by atoms with Gasteiger partial charge in [0.2, 0.25) is 0 Å². The van der Waals surface area contributed by atoms with Crippen molar-refractivity contribution in [3.05, 3.63) is 70.7 Å². The van der Waals surface area contributed by atoms with Crippen LogP contribution in [0, 0.1) is 12.7 Å². The molecule has 0 atom stereocenters. The summed E-state index contributed by atoms with van der Waals surface area (Å²) >= 11 is 0. The normalized spacial score (nSPS) is 14.8. The molecule has 0 spiro atoms. The molecule has 0 saturated carbocycles. The van der Waals surface area contributed by atoms with Gasteiger partial charge < -0.3 is 19.5 Å². The first-order valence-electron chi connectivity index (χ1n) is 12.1. The molecule has 1 fully saturated rings. The van der Waals surface area contributed by atoms with Crippen molar-refractivity contribution in [2.45, 2.75) is 44.9 Å². The number of likely N-dealkylation sites (tertiary alicyclic amines) is 1. The first-order valence-corrected chi connectivity index (χ1v) is 12.1. The Kier molecular flexibility index (Phi) is 7.87. The second-order valence-corrected chi connectivity index (χ2v) is 9.27. The number of hydrogen-bond donors (Lipinski definition) is 1. The maximum Gasteiger partial charge on any atom is 0.471 e. The largest absolute Gasteiger partial charge is 0.471 e. The third kappa shape index (κ3) is 5.64. The molecule has 2 amide bonds. The van der Waals surface area contributed by atoms with Gasteiger partial charge in [0.05, 0.1) is 17.7 Å². The standard InChI is InChI=1S/C27H29F4N3O3/c1-17-5-3-8-21-22(16-34(24(17)21)13-14-37-2)25(35)33-11-9-18(10-12-33)20-7-4-6-19(23(20)28)15-32-26(36)27(29,30)31/h3-8,16,18H,9-15H2,1-2H3,(H,32,36). The maximum atomic E-state index is 15.1. The van der Waals surface area contributed by atoms with Crippen molar-refractivity contribution in [3.8, 4) is 0 Å². The van der Waals surface area contributed by atoms with Gasteiger partial charge >= 0.3 is 12.1 Å². The molecule has 0 bridgehead atoms. The van der Waals surface area contributed by atoms with Crippen molar-refractivity contribution in [1.29, 1.82) is 0 Å². The summed E-state index contributed by atoms with van der Waals surface area (Å²) in [7, 11) is 1.63. The summed E-state index contributed by atoms with van der Waals surface area (Å²) in [6.45, 7) is 3.43. The number of nitrogens with zero attached hydrogens (tertiary/aromatic N) is 2. The van der Waals surface area contributed by atoms with Crippen molar-refractivity contribution in [2.24, 2.45) is 0 Å². The van der Waals surface area contributed by atoms with E-state index in [-0.39, 0.29) is 17.4 Å². The molecular formula is C27H29F4N3O3. The van der Waals surface area contributed by atoms with Crippen molar-refractivity contribution < 1.29 is 31.9 Å². The average molecular weight is 520 g/mol. The Hall–Kier alpha value is -3.40. The van der Waals surface area contributed by atoms with E-state index in [1.54, 1.807) is 29.5 Å². The van der Waals surface area contributed by atoms with Gasteiger partial charge in [0.25, 0.3) is 5.91 Å². The van der Waals surface area contributed by atoms with Gasteiger partial charge in [-0.2, -0.15) is 13.2 Å². The van der Waals surface area contributed by atoms with Crippen molar-refractivity contribution in [2.75, 3.05) is 26.8 Å². The number of carbonyl (C=O) groups is 2. The van der Waals surface area contributed by atoms with Gasteiger partial charge in [0, 0.05) is 50.4 Å². The Labute approximate surface area is 212 Å². The van der Waals surface area contributed by atoms with Crippen LogP contribution in [0.2, 0.25) is 0 Å². The second-order valence-electron chi connectivity index (χ2n) is 9.27. The number of benzene rings is 2. The molecule has 3 aromatic rings. The predicted molar refractivity (Wildman–Crippen MR) is 131 cm³/mol. The van der Waals surface area contributed by atoms with E-state index >= 15 is 4.39 Å². The van der Waals surface area contributed by atoms with Gasteiger partial charge in [0.1, 0.15) is 5.82 Å². The van der Waals surface area contributed by atoms with Crippen LogP contribution >= 0.6 is 0 Å². The average Bonchev–Trinajstić information content (AvgIpc) is 3.25. The van der Waals surface area contributed by atoms with Crippen LogP contribution in [0.3, 0.4) is 0 Å². The van der Waals surface area contributed by atoms with Gasteiger partial charge in [-0.3, -0.25) is 9.59 Å². The number of fused-ring (bicyclic) bond motifs is 1. The summed E-state index contributed by atoms with van der Waals surface area (Å²) in [6.07, 6.45) is -2.13. The number of halogens is 4. The minimum Gasteiger partial charge on any atom is -0.383 e. The van der Waals surface area contributed by atoms with E-state index < -0.39 is 24.4 Å². The monoisotopic (exact) mass is 519 g/mol. The van der Waals surface area contributed by atoms with Crippen LogP contribution in [-0.2, 0) is 22.6 Å². The topological polar surface area (TPSA) is 63.6 Å². The highest BCUT2D eigenvalue weighted by Gasteiger charge is 2.38. The highest BCUT2D eigenvalue weighted by molar-refractivity contribution is 6.07. The van der Waals surface area contributed by atoms with Crippen LogP contribution in [0.15, 0.2) is 42.6 Å². The molecule has 1 aliphatic rings. The van der Waals surface area contributed by atoms with Crippen LogP contribution in [0.5, 0.6) is 0 Å². The van der Waals surface area contributed by atoms with E-state index in [9.17, 15) is 22.8 Å². The fourth-order valence-corrected chi connectivity index (χ4v) is 4.98. The molecule has 0 unspecified atom stereocenters. The van der Waals surface area contributed by atoms with E-state index in [2.05, 4.69) is 0 Å². The van der Waals surface area contributed by atoms with Crippen LogP contribution in [0.4, 0.5) is 17.6 Å². The second kappa shape index (κ2) is 10.9. The lowest BCUT2D eigenvalue weighted by molar-refractivity contribution is -0.173. The van der Waals surface area contributed by atoms with Crippen LogP contribution in [0.1, 0.15) is 45.8 Å². The number of alkyl halides is 3. The summed E-state index contributed by atoms with van der Waals surface area (Å²) in [6, 6.07) is 10.4. The van der Waals surface area contributed by atoms with Gasteiger partial charge in [-0.1, -0.05) is 36.4 Å². The van der Waals surface area contributed by atoms with E-state index in [0.29, 0.717) is 50.2 Å². The predicted octanol–water partition coefficient (Wildman–Crippen LogP) is 4.93. The molecule has 37 heavy (non-hydrogen) atoms. The molecule has 2 aromatic carbocycles. The number of aromatic nitrogens is 1. The SMILES string of the molecule is COCCn1cc(C(=O)N2CCC(c3cccc(CNC(=O)C(F)(F)F)c3F)CC2)c2cccc(C)c21. The summed E-state index contributed by atoms with van der Waals surface area (Å²) in [4.78, 5) is 26.3.